The minimum Gasteiger partial charge on any atom is -0.494 e. The number of carbonyl (C=O) groups is 1. The monoisotopic (exact) mass is 449 g/mol. The Morgan fingerprint density at radius 3 is 2.58 bits per heavy atom. The van der Waals surface area contributed by atoms with Crippen LogP contribution in [0.4, 0.5) is 5.95 Å². The molecule has 7 heteroatoms. The molecule has 0 fully saturated rings. The van der Waals surface area contributed by atoms with Gasteiger partial charge in [0, 0.05) is 12.8 Å². The Morgan fingerprint density at radius 1 is 1.09 bits per heavy atom. The van der Waals surface area contributed by atoms with Crippen molar-refractivity contribution in [2.75, 3.05) is 32.2 Å². The van der Waals surface area contributed by atoms with Crippen LogP contribution in [0.1, 0.15) is 38.8 Å². The van der Waals surface area contributed by atoms with Crippen LogP contribution in [0, 0.1) is 5.92 Å². The molecule has 1 atom stereocenters. The van der Waals surface area contributed by atoms with Crippen molar-refractivity contribution < 1.29 is 19.0 Å². The van der Waals surface area contributed by atoms with Gasteiger partial charge in [0.2, 0.25) is 5.95 Å². The molecule has 0 amide bonds. The Labute approximate surface area is 194 Å². The molecule has 0 spiro atoms. The Morgan fingerprint density at radius 2 is 1.85 bits per heavy atom. The van der Waals surface area contributed by atoms with Gasteiger partial charge in [-0.1, -0.05) is 38.1 Å². The molecule has 2 aromatic carbocycles. The summed E-state index contributed by atoms with van der Waals surface area (Å²) in [5, 5.41) is 3.29. The van der Waals surface area contributed by atoms with Gasteiger partial charge in [-0.15, -0.1) is 0 Å². The summed E-state index contributed by atoms with van der Waals surface area (Å²) in [6, 6.07) is 15.5. The van der Waals surface area contributed by atoms with Crippen molar-refractivity contribution in [2.24, 2.45) is 5.92 Å². The molecule has 174 valence electrons. The highest BCUT2D eigenvalue weighted by atomic mass is 16.6. The topological polar surface area (TPSA) is 74.6 Å². The van der Waals surface area contributed by atoms with E-state index in [1.807, 2.05) is 55.5 Å². The van der Waals surface area contributed by atoms with E-state index in [2.05, 4.69) is 23.7 Å². The molecule has 0 radical (unpaired) electrons. The predicted molar refractivity (Wildman–Crippen MR) is 128 cm³/mol. The van der Waals surface area contributed by atoms with Crippen molar-refractivity contribution in [1.29, 1.82) is 0 Å². The van der Waals surface area contributed by atoms with Crippen molar-refractivity contribution in [2.45, 2.75) is 33.2 Å². The van der Waals surface area contributed by atoms with E-state index in [0.717, 1.165) is 34.5 Å². The molecule has 0 saturated carbocycles. The number of methoxy groups -OCH3 is 1. The van der Waals surface area contributed by atoms with Crippen molar-refractivity contribution in [3.63, 3.8) is 0 Å². The normalized spacial score (nSPS) is 15.5. The molecule has 1 aliphatic heterocycles. The third-order valence-corrected chi connectivity index (χ3v) is 5.73. The minimum absolute atomic E-state index is 0.193. The average Bonchev–Trinajstić information content (AvgIpc) is 3.16. The van der Waals surface area contributed by atoms with Crippen LogP contribution in [0.15, 0.2) is 59.8 Å². The van der Waals surface area contributed by atoms with Crippen molar-refractivity contribution in [3.8, 4) is 5.75 Å². The summed E-state index contributed by atoms with van der Waals surface area (Å²) in [4.78, 5) is 17.9. The first-order valence-electron chi connectivity index (χ1n) is 11.3. The standard InChI is InChI=1S/C26H31N3O4/c1-17(2)13-14-32-20-11-9-19(10-12-20)24-23(25(30)33-16-15-31-4)18(3)27-26-28-21-7-5-6-8-22(21)29(24)26/h5-12,17,24H,13-16H2,1-4H3,(H,27,28). The number of aromatic nitrogens is 2. The maximum Gasteiger partial charge on any atom is 0.338 e. The molecule has 4 rings (SSSR count). The van der Waals surface area contributed by atoms with Gasteiger partial charge in [0.05, 0.1) is 35.9 Å². The zero-order valence-electron chi connectivity index (χ0n) is 19.6. The van der Waals surface area contributed by atoms with Crippen LogP contribution >= 0.6 is 0 Å². The van der Waals surface area contributed by atoms with Crippen LogP contribution < -0.4 is 10.1 Å². The fourth-order valence-corrected chi connectivity index (χ4v) is 4.00. The number of para-hydroxylation sites is 2. The van der Waals surface area contributed by atoms with Crippen molar-refractivity contribution in [1.82, 2.24) is 9.55 Å². The zero-order chi connectivity index (χ0) is 23.4. The van der Waals surface area contributed by atoms with Crippen molar-refractivity contribution >= 4 is 23.0 Å². The van der Waals surface area contributed by atoms with Crippen LogP contribution in [0.5, 0.6) is 5.75 Å². The molecular formula is C26H31N3O4. The smallest absolute Gasteiger partial charge is 0.338 e. The lowest BCUT2D eigenvalue weighted by atomic mass is 9.95. The highest BCUT2D eigenvalue weighted by molar-refractivity contribution is 5.94. The lowest BCUT2D eigenvalue weighted by molar-refractivity contribution is -0.140. The van der Waals surface area contributed by atoms with E-state index in [4.69, 9.17) is 19.2 Å². The summed E-state index contributed by atoms with van der Waals surface area (Å²) < 4.78 is 18.5. The Kier molecular flexibility index (Phi) is 6.99. The SMILES string of the molecule is COCCOC(=O)C1=C(C)Nc2nc3ccccc3n2C1c1ccc(OCCC(C)C)cc1. The van der Waals surface area contributed by atoms with Gasteiger partial charge in [0.25, 0.3) is 0 Å². The number of nitrogens with zero attached hydrogens (tertiary/aromatic N) is 2. The van der Waals surface area contributed by atoms with Crippen LogP contribution in [-0.4, -0.2) is 42.5 Å². The molecular weight excluding hydrogens is 418 g/mol. The first-order chi connectivity index (χ1) is 16.0. The van der Waals surface area contributed by atoms with E-state index >= 15 is 0 Å². The van der Waals surface area contributed by atoms with Gasteiger partial charge < -0.3 is 19.5 Å². The number of benzene rings is 2. The fraction of sp³-hybridized carbons (Fsp3) is 0.385. The number of carbonyl (C=O) groups excluding carboxylic acids is 1. The second-order valence-electron chi connectivity index (χ2n) is 8.59. The minimum atomic E-state index is -0.381. The molecule has 0 saturated heterocycles. The second kappa shape index (κ2) is 10.1. The van der Waals surface area contributed by atoms with E-state index in [1.165, 1.54) is 0 Å². The third kappa shape index (κ3) is 4.88. The summed E-state index contributed by atoms with van der Waals surface area (Å²) >= 11 is 0. The molecule has 1 aromatic heterocycles. The number of hydrogen-bond donors (Lipinski definition) is 1. The number of anilines is 1. The highest BCUT2D eigenvalue weighted by Crippen LogP contribution is 2.39. The third-order valence-electron chi connectivity index (χ3n) is 5.73. The zero-order valence-corrected chi connectivity index (χ0v) is 19.6. The van der Waals surface area contributed by atoms with E-state index < -0.39 is 0 Å². The van der Waals surface area contributed by atoms with Crippen molar-refractivity contribution in [3.05, 3.63) is 65.4 Å². The van der Waals surface area contributed by atoms with Gasteiger partial charge >= 0.3 is 5.97 Å². The number of imidazole rings is 1. The molecule has 7 nitrogen and oxygen atoms in total. The number of allylic oxidation sites excluding steroid dienone is 1. The lowest BCUT2D eigenvalue weighted by Crippen LogP contribution is -2.29. The summed E-state index contributed by atoms with van der Waals surface area (Å²) in [7, 11) is 1.58. The van der Waals surface area contributed by atoms with Gasteiger partial charge in [-0.2, -0.15) is 0 Å². The van der Waals surface area contributed by atoms with Gasteiger partial charge in [-0.25, -0.2) is 9.78 Å². The summed E-state index contributed by atoms with van der Waals surface area (Å²) in [6.07, 6.45) is 1.000. The van der Waals surface area contributed by atoms with Crippen LogP contribution in [0.2, 0.25) is 0 Å². The maximum atomic E-state index is 13.2. The van der Waals surface area contributed by atoms with Crippen LogP contribution in [0.3, 0.4) is 0 Å². The number of esters is 1. The van der Waals surface area contributed by atoms with E-state index in [9.17, 15) is 4.79 Å². The van der Waals surface area contributed by atoms with Gasteiger partial charge in [-0.3, -0.25) is 4.57 Å². The van der Waals surface area contributed by atoms with Gasteiger partial charge in [-0.05, 0) is 49.1 Å². The number of hydrogen-bond acceptors (Lipinski definition) is 6. The molecule has 1 unspecified atom stereocenters. The first-order valence-corrected chi connectivity index (χ1v) is 11.3. The Hall–Kier alpha value is -3.32. The fourth-order valence-electron chi connectivity index (χ4n) is 4.00. The molecule has 33 heavy (non-hydrogen) atoms. The summed E-state index contributed by atoms with van der Waals surface area (Å²) in [5.41, 5.74) is 4.03. The summed E-state index contributed by atoms with van der Waals surface area (Å²) in [5.74, 6) is 1.73. The van der Waals surface area contributed by atoms with Crippen LogP contribution in [0.25, 0.3) is 11.0 Å². The number of fused-ring (bicyclic) bond motifs is 3. The molecule has 0 bridgehead atoms. The second-order valence-corrected chi connectivity index (χ2v) is 8.59. The first kappa shape index (κ1) is 22.9. The number of rotatable bonds is 9. The van der Waals surface area contributed by atoms with Gasteiger partial charge in [0.15, 0.2) is 0 Å². The Bertz CT molecular complexity index is 1150. The molecule has 1 aliphatic rings. The molecule has 2 heterocycles. The lowest BCUT2D eigenvalue weighted by Gasteiger charge is -2.30. The molecule has 3 aromatic rings. The van der Waals surface area contributed by atoms with E-state index in [1.54, 1.807) is 7.11 Å². The Balaban J connectivity index is 1.72. The van der Waals surface area contributed by atoms with E-state index in [-0.39, 0.29) is 18.6 Å². The van der Waals surface area contributed by atoms with Gasteiger partial charge in [0.1, 0.15) is 12.4 Å². The average molecular weight is 450 g/mol. The maximum absolute atomic E-state index is 13.2. The number of nitrogens with one attached hydrogen (secondary N) is 1. The van der Waals surface area contributed by atoms with E-state index in [0.29, 0.717) is 30.7 Å². The molecule has 1 N–H and O–H groups in total. The predicted octanol–water partition coefficient (Wildman–Crippen LogP) is 4.94. The molecule has 0 aliphatic carbocycles. The summed E-state index contributed by atoms with van der Waals surface area (Å²) in [6.45, 7) is 7.46. The highest BCUT2D eigenvalue weighted by Gasteiger charge is 2.35. The quantitative estimate of drug-likeness (QED) is 0.368. The van der Waals surface area contributed by atoms with Crippen LogP contribution in [-0.2, 0) is 14.3 Å². The number of ether oxygens (including phenoxy) is 3. The largest absolute Gasteiger partial charge is 0.494 e.